The number of aromatic amines is 1. The van der Waals surface area contributed by atoms with Crippen LogP contribution < -0.4 is 20.7 Å². The molecule has 122 valence electrons. The maximum absolute atomic E-state index is 11.9. The molecule has 2 N–H and O–H groups in total. The van der Waals surface area contributed by atoms with Crippen LogP contribution in [0.1, 0.15) is 11.3 Å². The summed E-state index contributed by atoms with van der Waals surface area (Å²) in [6.45, 7) is -0.637. The first-order valence-electron chi connectivity index (χ1n) is 6.57. The summed E-state index contributed by atoms with van der Waals surface area (Å²) in [7, 11) is 2.99. The Morgan fingerprint density at radius 3 is 2.65 bits per heavy atom. The van der Waals surface area contributed by atoms with Crippen molar-refractivity contribution in [2.45, 2.75) is 13.0 Å². The predicted molar refractivity (Wildman–Crippen MR) is 79.1 cm³/mol. The third-order valence-electron chi connectivity index (χ3n) is 3.10. The zero-order chi connectivity index (χ0) is 17.0. The summed E-state index contributed by atoms with van der Waals surface area (Å²) < 4.78 is 11.0. The van der Waals surface area contributed by atoms with Crippen LogP contribution in [0.4, 0.5) is 0 Å². The normalized spacial score (nSPS) is 10.3. The molecule has 2 rings (SSSR count). The maximum atomic E-state index is 11.9. The van der Waals surface area contributed by atoms with Gasteiger partial charge >= 0.3 is 11.7 Å². The van der Waals surface area contributed by atoms with Gasteiger partial charge in [0.15, 0.2) is 0 Å². The first-order valence-corrected chi connectivity index (χ1v) is 6.57. The van der Waals surface area contributed by atoms with Gasteiger partial charge in [0.2, 0.25) is 0 Å². The minimum Gasteiger partial charge on any atom is -0.497 e. The molecule has 0 spiro atoms. The van der Waals surface area contributed by atoms with Crippen molar-refractivity contribution < 1.29 is 19.4 Å². The molecule has 1 heterocycles. The van der Waals surface area contributed by atoms with Gasteiger partial charge in [-0.1, -0.05) is 6.07 Å². The molecule has 0 aliphatic heterocycles. The Morgan fingerprint density at radius 1 is 1.30 bits per heavy atom. The lowest BCUT2D eigenvalue weighted by molar-refractivity contribution is -0.138. The molecular formula is C14H15N3O6. The van der Waals surface area contributed by atoms with E-state index < -0.39 is 23.8 Å². The lowest BCUT2D eigenvalue weighted by Gasteiger charge is -2.10. The van der Waals surface area contributed by atoms with Gasteiger partial charge in [-0.15, -0.1) is 0 Å². The maximum Gasteiger partial charge on any atom is 0.345 e. The number of methoxy groups -OCH3 is 2. The van der Waals surface area contributed by atoms with Gasteiger partial charge < -0.3 is 14.6 Å². The van der Waals surface area contributed by atoms with Crippen LogP contribution in [0.3, 0.4) is 0 Å². The first kappa shape index (κ1) is 16.3. The number of carboxylic acids is 1. The molecule has 9 heteroatoms. The number of hydrogen-bond donors (Lipinski definition) is 2. The van der Waals surface area contributed by atoms with Crippen LogP contribution in [0.5, 0.6) is 11.5 Å². The Balaban J connectivity index is 2.42. The molecule has 0 atom stereocenters. The number of carbonyl (C=O) groups is 1. The van der Waals surface area contributed by atoms with Crippen LogP contribution in [0.15, 0.2) is 27.8 Å². The van der Waals surface area contributed by atoms with E-state index in [4.69, 9.17) is 14.6 Å². The number of nitrogens with one attached hydrogen (secondary N) is 1. The van der Waals surface area contributed by atoms with E-state index in [2.05, 4.69) is 10.1 Å². The van der Waals surface area contributed by atoms with E-state index in [1.165, 1.54) is 14.2 Å². The zero-order valence-electron chi connectivity index (χ0n) is 12.5. The lowest BCUT2D eigenvalue weighted by atomic mass is 10.1. The summed E-state index contributed by atoms with van der Waals surface area (Å²) in [4.78, 5) is 36.2. The fourth-order valence-corrected chi connectivity index (χ4v) is 2.00. The van der Waals surface area contributed by atoms with E-state index in [0.717, 1.165) is 0 Å². The Kier molecular flexibility index (Phi) is 4.79. The second-order valence-corrected chi connectivity index (χ2v) is 4.61. The number of benzene rings is 1. The largest absolute Gasteiger partial charge is 0.497 e. The van der Waals surface area contributed by atoms with Crippen molar-refractivity contribution in [2.24, 2.45) is 0 Å². The zero-order valence-corrected chi connectivity index (χ0v) is 12.5. The monoisotopic (exact) mass is 321 g/mol. The van der Waals surface area contributed by atoms with Crippen molar-refractivity contribution in [1.29, 1.82) is 0 Å². The van der Waals surface area contributed by atoms with Crippen molar-refractivity contribution in [1.82, 2.24) is 14.8 Å². The second-order valence-electron chi connectivity index (χ2n) is 4.61. The average molecular weight is 321 g/mol. The molecule has 0 amide bonds. The van der Waals surface area contributed by atoms with Crippen LogP contribution in [0.2, 0.25) is 0 Å². The summed E-state index contributed by atoms with van der Waals surface area (Å²) in [5.74, 6) is -0.163. The second kappa shape index (κ2) is 6.77. The van der Waals surface area contributed by atoms with E-state index in [1.54, 1.807) is 18.2 Å². The smallest absolute Gasteiger partial charge is 0.345 e. The number of rotatable bonds is 6. The van der Waals surface area contributed by atoms with Crippen LogP contribution in [0.25, 0.3) is 0 Å². The fraction of sp³-hybridized carbons (Fsp3) is 0.286. The Bertz CT molecular complexity index is 839. The van der Waals surface area contributed by atoms with Gasteiger partial charge in [0, 0.05) is 18.1 Å². The standard InChI is InChI=1S/C14H15N3O6/c1-22-9-4-3-8(11(6-9)23-2)5-10-13(20)15-14(21)17(16-10)7-12(18)19/h3-4,6H,5,7H2,1-2H3,(H,18,19)(H,15,20,21). The molecule has 0 bridgehead atoms. The topological polar surface area (TPSA) is 124 Å². The van der Waals surface area contributed by atoms with Gasteiger partial charge in [-0.2, -0.15) is 5.10 Å². The van der Waals surface area contributed by atoms with E-state index >= 15 is 0 Å². The third kappa shape index (κ3) is 3.76. The molecule has 0 saturated heterocycles. The molecule has 1 aromatic carbocycles. The Morgan fingerprint density at radius 2 is 2.04 bits per heavy atom. The molecule has 23 heavy (non-hydrogen) atoms. The van der Waals surface area contributed by atoms with Gasteiger partial charge in [0.25, 0.3) is 5.56 Å². The van der Waals surface area contributed by atoms with Gasteiger partial charge in [0.1, 0.15) is 23.7 Å². The van der Waals surface area contributed by atoms with E-state index in [-0.39, 0.29) is 12.1 Å². The van der Waals surface area contributed by atoms with Gasteiger partial charge in [-0.25, -0.2) is 9.48 Å². The van der Waals surface area contributed by atoms with Crippen LogP contribution >= 0.6 is 0 Å². The molecule has 0 radical (unpaired) electrons. The van der Waals surface area contributed by atoms with Gasteiger partial charge in [-0.05, 0) is 6.07 Å². The highest BCUT2D eigenvalue weighted by Crippen LogP contribution is 2.25. The third-order valence-corrected chi connectivity index (χ3v) is 3.10. The Hall–Kier alpha value is -3.10. The molecular weight excluding hydrogens is 306 g/mol. The summed E-state index contributed by atoms with van der Waals surface area (Å²) in [6.07, 6.45) is 0.0718. The highest BCUT2D eigenvalue weighted by molar-refractivity contribution is 5.66. The van der Waals surface area contributed by atoms with E-state index in [9.17, 15) is 14.4 Å². The van der Waals surface area contributed by atoms with E-state index in [0.29, 0.717) is 21.7 Å². The fourth-order valence-electron chi connectivity index (χ4n) is 2.00. The number of hydrogen-bond acceptors (Lipinski definition) is 6. The van der Waals surface area contributed by atoms with Crippen molar-refractivity contribution in [3.63, 3.8) is 0 Å². The molecule has 0 unspecified atom stereocenters. The molecule has 0 aliphatic rings. The quantitative estimate of drug-likeness (QED) is 0.743. The van der Waals surface area contributed by atoms with Gasteiger partial charge in [0.05, 0.1) is 14.2 Å². The van der Waals surface area contributed by atoms with Crippen molar-refractivity contribution in [3.8, 4) is 11.5 Å². The average Bonchev–Trinajstić information content (AvgIpc) is 2.51. The van der Waals surface area contributed by atoms with E-state index in [1.807, 2.05) is 0 Å². The minimum atomic E-state index is -1.24. The highest BCUT2D eigenvalue weighted by atomic mass is 16.5. The number of ether oxygens (including phenoxy) is 2. The Labute approximate surface area is 130 Å². The van der Waals surface area contributed by atoms with Crippen LogP contribution in [0, 0.1) is 0 Å². The number of aromatic nitrogens is 3. The lowest BCUT2D eigenvalue weighted by Crippen LogP contribution is -2.36. The van der Waals surface area contributed by atoms with Crippen molar-refractivity contribution >= 4 is 5.97 Å². The van der Waals surface area contributed by atoms with Crippen molar-refractivity contribution in [2.75, 3.05) is 14.2 Å². The first-order chi connectivity index (χ1) is 10.9. The molecule has 9 nitrogen and oxygen atoms in total. The molecule has 0 fully saturated rings. The van der Waals surface area contributed by atoms with Crippen LogP contribution in [-0.2, 0) is 17.8 Å². The number of aliphatic carboxylic acids is 1. The summed E-state index contributed by atoms with van der Waals surface area (Å²) >= 11 is 0. The number of H-pyrrole nitrogens is 1. The number of carboxylic acid groups (broad SMARTS) is 1. The predicted octanol–water partition coefficient (Wildman–Crippen LogP) is -0.376. The van der Waals surface area contributed by atoms with Crippen LogP contribution in [-0.4, -0.2) is 40.1 Å². The minimum absolute atomic E-state index is 0.00863. The summed E-state index contributed by atoms with van der Waals surface area (Å²) in [5.41, 5.74) is -0.890. The molecule has 1 aromatic heterocycles. The highest BCUT2D eigenvalue weighted by Gasteiger charge is 2.13. The summed E-state index contributed by atoms with van der Waals surface area (Å²) in [5, 5.41) is 12.6. The molecule has 0 saturated carbocycles. The summed E-state index contributed by atoms with van der Waals surface area (Å²) in [6, 6.07) is 5.04. The molecule has 0 aliphatic carbocycles. The van der Waals surface area contributed by atoms with Gasteiger partial charge in [-0.3, -0.25) is 14.6 Å². The number of nitrogens with zero attached hydrogens (tertiary/aromatic N) is 2. The molecule has 2 aromatic rings. The SMILES string of the molecule is COc1ccc(Cc2nn(CC(=O)O)c(=O)[nH]c2=O)c(OC)c1. The van der Waals surface area contributed by atoms with Crippen molar-refractivity contribution in [3.05, 3.63) is 50.3 Å².